The van der Waals surface area contributed by atoms with Crippen LogP contribution < -0.4 is 10.9 Å². The molecule has 8 heteroatoms. The van der Waals surface area contributed by atoms with Gasteiger partial charge in [0, 0.05) is 12.5 Å². The molecule has 0 aliphatic heterocycles. The molecule has 0 bridgehead atoms. The molecule has 0 saturated carbocycles. The molecule has 1 amide bonds. The number of nitrogens with zero attached hydrogens (tertiary/aromatic N) is 3. The maximum atomic E-state index is 12.4. The van der Waals surface area contributed by atoms with Crippen molar-refractivity contribution < 1.29 is 4.79 Å². The molecule has 2 aromatic heterocycles. The van der Waals surface area contributed by atoms with Crippen molar-refractivity contribution in [1.29, 1.82) is 0 Å². The zero-order chi connectivity index (χ0) is 17.1. The average Bonchev–Trinajstić information content (AvgIpc) is 2.96. The van der Waals surface area contributed by atoms with Crippen molar-refractivity contribution in [2.75, 3.05) is 5.32 Å². The minimum atomic E-state index is -0.418. The van der Waals surface area contributed by atoms with Crippen LogP contribution in [0.5, 0.6) is 0 Å². The first-order chi connectivity index (χ1) is 11.6. The summed E-state index contributed by atoms with van der Waals surface area (Å²) in [7, 11) is 0. The summed E-state index contributed by atoms with van der Waals surface area (Å²) in [5.41, 5.74) is -0.0506. The Hall–Kier alpha value is -2.67. The van der Waals surface area contributed by atoms with Gasteiger partial charge in [0.15, 0.2) is 5.82 Å². The van der Waals surface area contributed by atoms with Gasteiger partial charge >= 0.3 is 0 Å². The molecule has 0 atom stereocenters. The van der Waals surface area contributed by atoms with Gasteiger partial charge in [0.2, 0.25) is 5.78 Å². The van der Waals surface area contributed by atoms with E-state index in [1.165, 1.54) is 10.6 Å². The predicted octanol–water partition coefficient (Wildman–Crippen LogP) is 2.67. The molecule has 2 N–H and O–H groups in total. The van der Waals surface area contributed by atoms with E-state index in [2.05, 4.69) is 27.3 Å². The van der Waals surface area contributed by atoms with E-state index in [0.717, 1.165) is 12.8 Å². The summed E-state index contributed by atoms with van der Waals surface area (Å²) in [4.78, 5) is 31.1. The van der Waals surface area contributed by atoms with Gasteiger partial charge in [0.05, 0.1) is 10.6 Å². The molecular formula is C16H16ClN5O2. The van der Waals surface area contributed by atoms with Crippen LogP contribution in [0.15, 0.2) is 35.1 Å². The second-order valence-electron chi connectivity index (χ2n) is 5.32. The summed E-state index contributed by atoms with van der Waals surface area (Å²) in [6.45, 7) is 2.08. The Morgan fingerprint density at radius 1 is 1.38 bits per heavy atom. The number of hydrogen-bond donors (Lipinski definition) is 2. The van der Waals surface area contributed by atoms with E-state index in [1.54, 1.807) is 24.3 Å². The van der Waals surface area contributed by atoms with Crippen molar-refractivity contribution in [1.82, 2.24) is 19.6 Å². The van der Waals surface area contributed by atoms with Crippen molar-refractivity contribution in [2.45, 2.75) is 26.2 Å². The molecule has 3 aromatic rings. The molecule has 0 radical (unpaired) electrons. The topological polar surface area (TPSA) is 92.1 Å². The van der Waals surface area contributed by atoms with E-state index < -0.39 is 5.91 Å². The number of carbonyl (C=O) groups is 1. The first-order valence-corrected chi connectivity index (χ1v) is 8.01. The Labute approximate surface area is 142 Å². The van der Waals surface area contributed by atoms with Gasteiger partial charge in [-0.05, 0) is 18.6 Å². The minimum absolute atomic E-state index is 0.244. The number of fused-ring (bicyclic) bond motifs is 1. The highest BCUT2D eigenvalue weighted by Crippen LogP contribution is 2.17. The number of rotatable bonds is 5. The van der Waals surface area contributed by atoms with Gasteiger partial charge < -0.3 is 5.32 Å². The van der Waals surface area contributed by atoms with E-state index in [-0.39, 0.29) is 11.4 Å². The van der Waals surface area contributed by atoms with Gasteiger partial charge in [-0.3, -0.25) is 14.6 Å². The number of H-pyrrole nitrogens is 1. The molecule has 0 aliphatic carbocycles. The van der Waals surface area contributed by atoms with E-state index in [1.807, 2.05) is 0 Å². The maximum Gasteiger partial charge on any atom is 0.258 e. The molecule has 0 unspecified atom stereocenters. The van der Waals surface area contributed by atoms with Crippen LogP contribution in [0.2, 0.25) is 5.02 Å². The third-order valence-electron chi connectivity index (χ3n) is 3.50. The number of amides is 1. The highest BCUT2D eigenvalue weighted by Gasteiger charge is 2.14. The normalized spacial score (nSPS) is 10.9. The average molecular weight is 346 g/mol. The van der Waals surface area contributed by atoms with Crippen LogP contribution in [0.3, 0.4) is 0 Å². The summed E-state index contributed by atoms with van der Waals surface area (Å²) in [6, 6.07) is 7.95. The lowest BCUT2D eigenvalue weighted by atomic mass is 10.2. The monoisotopic (exact) mass is 345 g/mol. The van der Waals surface area contributed by atoms with Gasteiger partial charge in [-0.1, -0.05) is 37.1 Å². The van der Waals surface area contributed by atoms with Crippen molar-refractivity contribution in [2.24, 2.45) is 0 Å². The number of carbonyl (C=O) groups excluding carboxylic acids is 1. The SMILES string of the molecule is CCCCc1nc2[nH]c(=O)cc(NC(=O)c3ccccc3Cl)n2n1. The molecule has 0 spiro atoms. The predicted molar refractivity (Wildman–Crippen MR) is 91.6 cm³/mol. The first-order valence-electron chi connectivity index (χ1n) is 7.63. The highest BCUT2D eigenvalue weighted by molar-refractivity contribution is 6.34. The number of nitrogens with one attached hydrogen (secondary N) is 2. The van der Waals surface area contributed by atoms with Crippen molar-refractivity contribution in [3.05, 3.63) is 57.1 Å². The first kappa shape index (κ1) is 16.2. The second-order valence-corrected chi connectivity index (χ2v) is 5.73. The lowest BCUT2D eigenvalue weighted by Gasteiger charge is -2.07. The summed E-state index contributed by atoms with van der Waals surface area (Å²) in [5.74, 6) is 0.738. The van der Waals surface area contributed by atoms with Crippen LogP contribution in [0, 0.1) is 0 Å². The maximum absolute atomic E-state index is 12.4. The summed E-state index contributed by atoms with van der Waals surface area (Å²) in [6.07, 6.45) is 2.67. The molecule has 2 heterocycles. The van der Waals surface area contributed by atoms with Crippen LogP contribution in [-0.2, 0) is 6.42 Å². The van der Waals surface area contributed by atoms with Gasteiger partial charge in [-0.2, -0.15) is 9.50 Å². The summed E-state index contributed by atoms with van der Waals surface area (Å²) in [5, 5.41) is 7.35. The van der Waals surface area contributed by atoms with Gasteiger partial charge in [-0.15, -0.1) is 5.10 Å². The van der Waals surface area contributed by atoms with Crippen LogP contribution >= 0.6 is 11.6 Å². The number of benzene rings is 1. The smallest absolute Gasteiger partial charge is 0.258 e. The standard InChI is InChI=1S/C16H16ClN5O2/c1-2-3-8-12-18-16-20-14(23)9-13(22(16)21-12)19-15(24)10-6-4-5-7-11(10)17/h4-7,9H,2-3,8H2,1H3,(H,19,24)(H,18,20,21,23). The Morgan fingerprint density at radius 3 is 2.92 bits per heavy atom. The summed E-state index contributed by atoms with van der Waals surface area (Å²) >= 11 is 6.03. The number of halogens is 1. The fourth-order valence-corrected chi connectivity index (χ4v) is 2.52. The van der Waals surface area contributed by atoms with Crippen LogP contribution in [0.1, 0.15) is 35.9 Å². The second kappa shape index (κ2) is 6.84. The number of hydrogen-bond acceptors (Lipinski definition) is 4. The van der Waals surface area contributed by atoms with Gasteiger partial charge in [0.1, 0.15) is 5.82 Å². The van der Waals surface area contributed by atoms with E-state index >= 15 is 0 Å². The van der Waals surface area contributed by atoms with Crippen molar-refractivity contribution in [3.8, 4) is 0 Å². The zero-order valence-corrected chi connectivity index (χ0v) is 13.8. The molecule has 3 rings (SSSR count). The number of aryl methyl sites for hydroxylation is 1. The molecule has 0 saturated heterocycles. The van der Waals surface area contributed by atoms with Gasteiger partial charge in [0.25, 0.3) is 11.5 Å². The number of aromatic amines is 1. The minimum Gasteiger partial charge on any atom is -0.306 e. The quantitative estimate of drug-likeness (QED) is 0.743. The third kappa shape index (κ3) is 3.30. The fraction of sp³-hybridized carbons (Fsp3) is 0.250. The van der Waals surface area contributed by atoms with E-state index in [0.29, 0.717) is 28.6 Å². The lowest BCUT2D eigenvalue weighted by molar-refractivity contribution is 0.102. The number of anilines is 1. The Balaban J connectivity index is 1.96. The lowest BCUT2D eigenvalue weighted by Crippen LogP contribution is -2.19. The molecule has 24 heavy (non-hydrogen) atoms. The number of unbranched alkanes of at least 4 members (excludes halogenated alkanes) is 1. The van der Waals surface area contributed by atoms with Crippen molar-refractivity contribution >= 4 is 29.1 Å². The van der Waals surface area contributed by atoms with Crippen molar-refractivity contribution in [3.63, 3.8) is 0 Å². The Kier molecular flexibility index (Phi) is 4.61. The van der Waals surface area contributed by atoms with Crippen LogP contribution in [0.25, 0.3) is 5.78 Å². The Morgan fingerprint density at radius 2 is 2.17 bits per heavy atom. The van der Waals surface area contributed by atoms with Gasteiger partial charge in [-0.25, -0.2) is 0 Å². The summed E-state index contributed by atoms with van der Waals surface area (Å²) < 4.78 is 1.42. The largest absolute Gasteiger partial charge is 0.306 e. The molecule has 7 nitrogen and oxygen atoms in total. The fourth-order valence-electron chi connectivity index (χ4n) is 2.29. The molecule has 0 fully saturated rings. The zero-order valence-electron chi connectivity index (χ0n) is 13.0. The highest BCUT2D eigenvalue weighted by atomic mass is 35.5. The van der Waals surface area contributed by atoms with Crippen LogP contribution in [-0.4, -0.2) is 25.5 Å². The van der Waals surface area contributed by atoms with E-state index in [4.69, 9.17) is 11.6 Å². The van der Waals surface area contributed by atoms with E-state index in [9.17, 15) is 9.59 Å². The molecule has 124 valence electrons. The number of aromatic nitrogens is 4. The third-order valence-corrected chi connectivity index (χ3v) is 3.83. The van der Waals surface area contributed by atoms with Crippen LogP contribution in [0.4, 0.5) is 5.82 Å². The molecular weight excluding hydrogens is 330 g/mol. The molecule has 0 aliphatic rings. The Bertz CT molecular complexity index is 947. The molecule has 1 aromatic carbocycles.